The molecule has 1 aliphatic heterocycles. The van der Waals surface area contributed by atoms with Crippen molar-refractivity contribution in [1.29, 1.82) is 0 Å². The van der Waals surface area contributed by atoms with Gasteiger partial charge in [-0.05, 0) is 45.0 Å². The number of rotatable bonds is 6. The summed E-state index contributed by atoms with van der Waals surface area (Å²) in [6.45, 7) is 6.20. The lowest BCUT2D eigenvalue weighted by Gasteiger charge is -2.32. The Morgan fingerprint density at radius 2 is 2.23 bits per heavy atom. The van der Waals surface area contributed by atoms with Crippen molar-refractivity contribution >= 4 is 5.96 Å². The molecule has 1 fully saturated rings. The average Bonchev–Trinajstić information content (AvgIpc) is 3.08. The molecule has 0 spiro atoms. The summed E-state index contributed by atoms with van der Waals surface area (Å²) >= 11 is 0. The molecule has 0 aromatic carbocycles. The van der Waals surface area contributed by atoms with Crippen LogP contribution in [0.2, 0.25) is 0 Å². The van der Waals surface area contributed by atoms with Gasteiger partial charge in [-0.15, -0.1) is 6.42 Å². The van der Waals surface area contributed by atoms with Crippen LogP contribution in [0, 0.1) is 12.3 Å². The number of piperidine rings is 1. The van der Waals surface area contributed by atoms with Gasteiger partial charge >= 0.3 is 0 Å². The maximum atomic E-state index is 5.64. The number of furan rings is 1. The van der Waals surface area contributed by atoms with Gasteiger partial charge in [0.25, 0.3) is 0 Å². The third kappa shape index (κ3) is 4.81. The Kier molecular flexibility index (Phi) is 6.85. The number of nitrogens with zero attached hydrogens (tertiary/aromatic N) is 2. The fourth-order valence-corrected chi connectivity index (χ4v) is 2.75. The molecule has 5 nitrogen and oxygen atoms in total. The Morgan fingerprint density at radius 1 is 1.41 bits per heavy atom. The summed E-state index contributed by atoms with van der Waals surface area (Å²) in [6, 6.07) is 4.17. The van der Waals surface area contributed by atoms with Gasteiger partial charge in [-0.2, -0.15) is 0 Å². The summed E-state index contributed by atoms with van der Waals surface area (Å²) in [4.78, 5) is 7.15. The summed E-state index contributed by atoms with van der Waals surface area (Å²) in [5.41, 5.74) is 0. The Hall–Kier alpha value is -1.93. The van der Waals surface area contributed by atoms with Crippen LogP contribution in [0.1, 0.15) is 38.0 Å². The topological polar surface area (TPSA) is 52.8 Å². The Balaban J connectivity index is 2.06. The van der Waals surface area contributed by atoms with Crippen LogP contribution in [0.3, 0.4) is 0 Å². The van der Waals surface area contributed by atoms with E-state index in [4.69, 9.17) is 10.8 Å². The summed E-state index contributed by atoms with van der Waals surface area (Å²) in [5.74, 6) is 4.32. The van der Waals surface area contributed by atoms with Gasteiger partial charge in [0.05, 0.1) is 25.4 Å². The molecular weight excluding hydrogens is 276 g/mol. The fourth-order valence-electron chi connectivity index (χ4n) is 2.75. The van der Waals surface area contributed by atoms with Gasteiger partial charge < -0.3 is 15.1 Å². The van der Waals surface area contributed by atoms with E-state index in [-0.39, 0.29) is 6.04 Å². The Bertz CT molecular complexity index is 483. The molecule has 1 aliphatic rings. The van der Waals surface area contributed by atoms with Crippen molar-refractivity contribution < 1.29 is 4.42 Å². The van der Waals surface area contributed by atoms with E-state index in [1.807, 2.05) is 19.1 Å². The molecule has 2 rings (SSSR count). The molecule has 1 saturated heterocycles. The van der Waals surface area contributed by atoms with Gasteiger partial charge in [-0.25, -0.2) is 0 Å². The van der Waals surface area contributed by atoms with E-state index in [2.05, 4.69) is 26.4 Å². The zero-order valence-corrected chi connectivity index (χ0v) is 13.3. The lowest BCUT2D eigenvalue weighted by Crippen LogP contribution is -2.39. The van der Waals surface area contributed by atoms with Crippen LogP contribution in [0.4, 0.5) is 0 Å². The minimum Gasteiger partial charge on any atom is -0.468 e. The first-order chi connectivity index (χ1) is 10.8. The summed E-state index contributed by atoms with van der Waals surface area (Å²) < 4.78 is 5.64. The predicted octanol–water partition coefficient (Wildman–Crippen LogP) is 1.99. The number of guanidine groups is 1. The second-order valence-corrected chi connectivity index (χ2v) is 5.41. The maximum absolute atomic E-state index is 5.64. The molecule has 0 saturated carbocycles. The monoisotopic (exact) mass is 302 g/mol. The van der Waals surface area contributed by atoms with Crippen molar-refractivity contribution in [3.8, 4) is 12.3 Å². The third-order valence-electron chi connectivity index (χ3n) is 3.83. The summed E-state index contributed by atoms with van der Waals surface area (Å²) in [7, 11) is 0. The van der Waals surface area contributed by atoms with Crippen molar-refractivity contribution in [3.05, 3.63) is 24.2 Å². The minimum atomic E-state index is 0.191. The van der Waals surface area contributed by atoms with Gasteiger partial charge in [0.15, 0.2) is 5.96 Å². The van der Waals surface area contributed by atoms with E-state index in [1.165, 1.54) is 19.3 Å². The summed E-state index contributed by atoms with van der Waals surface area (Å²) in [5, 5.41) is 6.34. The number of hydrogen-bond acceptors (Lipinski definition) is 3. The van der Waals surface area contributed by atoms with Gasteiger partial charge in [0.2, 0.25) is 0 Å². The Labute approximate surface area is 133 Å². The van der Waals surface area contributed by atoms with Crippen molar-refractivity contribution in [1.82, 2.24) is 15.5 Å². The van der Waals surface area contributed by atoms with Gasteiger partial charge in [0.1, 0.15) is 5.76 Å². The third-order valence-corrected chi connectivity index (χ3v) is 3.83. The van der Waals surface area contributed by atoms with Crippen molar-refractivity contribution in [3.63, 3.8) is 0 Å². The molecule has 2 heterocycles. The van der Waals surface area contributed by atoms with E-state index in [0.717, 1.165) is 31.4 Å². The minimum absolute atomic E-state index is 0.191. The molecule has 5 heteroatoms. The normalized spacial score (nSPS) is 17.7. The first-order valence-corrected chi connectivity index (χ1v) is 8.08. The highest BCUT2D eigenvalue weighted by atomic mass is 16.3. The molecule has 120 valence electrons. The zero-order chi connectivity index (χ0) is 15.6. The highest BCUT2D eigenvalue weighted by Gasteiger charge is 2.24. The van der Waals surface area contributed by atoms with Crippen LogP contribution < -0.4 is 10.6 Å². The molecule has 0 amide bonds. The first kappa shape index (κ1) is 16.4. The molecule has 0 bridgehead atoms. The molecular formula is C17H26N4O. The van der Waals surface area contributed by atoms with Crippen molar-refractivity contribution in [2.75, 3.05) is 32.7 Å². The lowest BCUT2D eigenvalue weighted by molar-refractivity contribution is 0.150. The number of aliphatic imine (C=N–C) groups is 1. The zero-order valence-electron chi connectivity index (χ0n) is 13.3. The highest BCUT2D eigenvalue weighted by Crippen LogP contribution is 2.25. The van der Waals surface area contributed by atoms with Crippen LogP contribution in [-0.2, 0) is 0 Å². The quantitative estimate of drug-likeness (QED) is 0.479. The molecule has 1 aromatic heterocycles. The largest absolute Gasteiger partial charge is 0.468 e. The second-order valence-electron chi connectivity index (χ2n) is 5.41. The van der Waals surface area contributed by atoms with Crippen LogP contribution in [0.15, 0.2) is 27.8 Å². The van der Waals surface area contributed by atoms with Gasteiger partial charge in [-0.3, -0.25) is 9.89 Å². The van der Waals surface area contributed by atoms with Gasteiger partial charge in [-0.1, -0.05) is 12.3 Å². The Morgan fingerprint density at radius 3 is 2.86 bits per heavy atom. The van der Waals surface area contributed by atoms with Crippen LogP contribution in [0.25, 0.3) is 0 Å². The highest BCUT2D eigenvalue weighted by molar-refractivity contribution is 5.80. The molecule has 1 aromatic rings. The number of hydrogen-bond donors (Lipinski definition) is 2. The molecule has 2 N–H and O–H groups in total. The summed E-state index contributed by atoms with van der Waals surface area (Å²) in [6.07, 6.45) is 10.8. The van der Waals surface area contributed by atoms with Gasteiger partial charge in [0, 0.05) is 6.54 Å². The second kappa shape index (κ2) is 9.16. The van der Waals surface area contributed by atoms with Crippen LogP contribution >= 0.6 is 0 Å². The number of nitrogens with one attached hydrogen (secondary N) is 2. The van der Waals surface area contributed by atoms with Crippen LogP contribution in [-0.4, -0.2) is 43.6 Å². The predicted molar refractivity (Wildman–Crippen MR) is 89.7 cm³/mol. The molecule has 0 aliphatic carbocycles. The van der Waals surface area contributed by atoms with Crippen LogP contribution in [0.5, 0.6) is 0 Å². The average molecular weight is 302 g/mol. The standard InChI is InChI=1S/C17H26N4O/c1-3-10-19-17(18-4-2)20-14-15(16-9-8-13-22-16)21-11-6-5-7-12-21/h1,8-9,13,15H,4-7,10-12,14H2,2H3,(H2,18,19,20). The smallest absolute Gasteiger partial charge is 0.192 e. The van der Waals surface area contributed by atoms with Crippen molar-refractivity contribution in [2.45, 2.75) is 32.2 Å². The van der Waals surface area contributed by atoms with E-state index in [0.29, 0.717) is 13.1 Å². The molecule has 1 unspecified atom stereocenters. The molecule has 22 heavy (non-hydrogen) atoms. The van der Waals surface area contributed by atoms with E-state index in [1.54, 1.807) is 6.26 Å². The molecule has 1 atom stereocenters. The number of terminal acetylenes is 1. The SMILES string of the molecule is C#CCNC(=NCC(c1ccco1)N1CCCCC1)NCC. The first-order valence-electron chi connectivity index (χ1n) is 8.08. The maximum Gasteiger partial charge on any atom is 0.192 e. The van der Waals surface area contributed by atoms with Crippen molar-refractivity contribution in [2.24, 2.45) is 4.99 Å². The number of likely N-dealkylation sites (tertiary alicyclic amines) is 1. The lowest BCUT2D eigenvalue weighted by atomic mass is 10.1. The van der Waals surface area contributed by atoms with E-state index < -0.39 is 0 Å². The fraction of sp³-hybridized carbons (Fsp3) is 0.588. The van der Waals surface area contributed by atoms with E-state index in [9.17, 15) is 0 Å². The molecule has 0 radical (unpaired) electrons. The van der Waals surface area contributed by atoms with E-state index >= 15 is 0 Å².